The standard InChI is InChI=1S/C21H19N3O/c1-2-6-19-14(4-1)12-20(25-19)15-7-9-22-17(10-15)11-16-13-24-21-18(16)5-3-8-23-21/h1-8,12-13,17,22H,9-11H2,(H,23,24). The average molecular weight is 329 g/mol. The zero-order chi connectivity index (χ0) is 16.6. The fraction of sp³-hybridized carbons (Fsp3) is 0.190. The molecule has 0 saturated heterocycles. The summed E-state index contributed by atoms with van der Waals surface area (Å²) in [4.78, 5) is 7.65. The molecule has 1 atom stereocenters. The SMILES string of the molecule is C1=C(c2cc3ccccc3o2)CC(Cc2c[nH]c3ncccc23)NC1. The number of rotatable bonds is 3. The van der Waals surface area contributed by atoms with E-state index >= 15 is 0 Å². The van der Waals surface area contributed by atoms with Crippen molar-refractivity contribution in [2.24, 2.45) is 0 Å². The summed E-state index contributed by atoms with van der Waals surface area (Å²) in [6.45, 7) is 0.873. The van der Waals surface area contributed by atoms with Crippen LogP contribution in [0.2, 0.25) is 0 Å². The highest BCUT2D eigenvalue weighted by Crippen LogP contribution is 2.30. The predicted octanol–water partition coefficient (Wildman–Crippen LogP) is 4.30. The molecular formula is C21H19N3O. The Bertz CT molecular complexity index is 1040. The van der Waals surface area contributed by atoms with Gasteiger partial charge in [0.15, 0.2) is 0 Å². The minimum absolute atomic E-state index is 0.396. The molecule has 0 spiro atoms. The monoisotopic (exact) mass is 329 g/mol. The molecule has 1 aliphatic heterocycles. The Morgan fingerprint density at radius 2 is 2.12 bits per heavy atom. The second-order valence-electron chi connectivity index (χ2n) is 6.60. The molecule has 0 fully saturated rings. The number of nitrogens with zero attached hydrogens (tertiary/aromatic N) is 1. The first-order valence-corrected chi connectivity index (χ1v) is 8.69. The zero-order valence-electron chi connectivity index (χ0n) is 13.8. The molecule has 1 aromatic carbocycles. The second-order valence-corrected chi connectivity index (χ2v) is 6.60. The maximum Gasteiger partial charge on any atom is 0.137 e. The van der Waals surface area contributed by atoms with E-state index in [0.717, 1.165) is 41.8 Å². The first-order valence-electron chi connectivity index (χ1n) is 8.69. The van der Waals surface area contributed by atoms with E-state index in [2.05, 4.69) is 45.8 Å². The van der Waals surface area contributed by atoms with E-state index in [1.165, 1.54) is 16.5 Å². The van der Waals surface area contributed by atoms with Crippen molar-refractivity contribution in [1.29, 1.82) is 0 Å². The number of furan rings is 1. The van der Waals surface area contributed by atoms with Gasteiger partial charge < -0.3 is 14.7 Å². The van der Waals surface area contributed by atoms with Crippen LogP contribution in [0.3, 0.4) is 0 Å². The molecule has 1 aliphatic rings. The van der Waals surface area contributed by atoms with Crippen molar-refractivity contribution in [3.05, 3.63) is 72.3 Å². The van der Waals surface area contributed by atoms with Crippen LogP contribution in [-0.2, 0) is 6.42 Å². The first kappa shape index (κ1) is 14.5. The average Bonchev–Trinajstić information content (AvgIpc) is 3.26. The van der Waals surface area contributed by atoms with Crippen molar-refractivity contribution >= 4 is 27.6 Å². The summed E-state index contributed by atoms with van der Waals surface area (Å²) in [7, 11) is 0. The molecule has 0 aliphatic carbocycles. The van der Waals surface area contributed by atoms with Gasteiger partial charge in [0.25, 0.3) is 0 Å². The van der Waals surface area contributed by atoms with Gasteiger partial charge in [-0.1, -0.05) is 24.3 Å². The van der Waals surface area contributed by atoms with Crippen LogP contribution in [0.1, 0.15) is 17.7 Å². The maximum absolute atomic E-state index is 6.05. The van der Waals surface area contributed by atoms with E-state index in [1.807, 2.05) is 30.5 Å². The molecule has 0 bridgehead atoms. The number of nitrogens with one attached hydrogen (secondary N) is 2. The van der Waals surface area contributed by atoms with Crippen LogP contribution in [-0.4, -0.2) is 22.6 Å². The molecular weight excluding hydrogens is 310 g/mol. The van der Waals surface area contributed by atoms with Crippen molar-refractivity contribution in [2.45, 2.75) is 18.9 Å². The van der Waals surface area contributed by atoms with Gasteiger partial charge in [-0.3, -0.25) is 0 Å². The summed E-state index contributed by atoms with van der Waals surface area (Å²) in [6.07, 6.45) is 8.09. The van der Waals surface area contributed by atoms with E-state index in [4.69, 9.17) is 4.42 Å². The highest BCUT2D eigenvalue weighted by molar-refractivity contribution is 5.82. The molecule has 4 aromatic rings. The molecule has 4 heteroatoms. The Hall–Kier alpha value is -2.85. The lowest BCUT2D eigenvalue weighted by atomic mass is 9.95. The zero-order valence-corrected chi connectivity index (χ0v) is 13.8. The van der Waals surface area contributed by atoms with Crippen LogP contribution in [0.4, 0.5) is 0 Å². The van der Waals surface area contributed by atoms with Crippen LogP contribution in [0.25, 0.3) is 27.6 Å². The Morgan fingerprint density at radius 3 is 3.08 bits per heavy atom. The van der Waals surface area contributed by atoms with Crippen molar-refractivity contribution in [3.8, 4) is 0 Å². The number of benzene rings is 1. The Morgan fingerprint density at radius 1 is 1.16 bits per heavy atom. The third-order valence-corrected chi connectivity index (χ3v) is 4.97. The summed E-state index contributed by atoms with van der Waals surface area (Å²) in [5.41, 5.74) is 4.52. The van der Waals surface area contributed by atoms with Crippen molar-refractivity contribution in [2.75, 3.05) is 6.54 Å². The number of fused-ring (bicyclic) bond motifs is 2. The molecule has 1 unspecified atom stereocenters. The summed E-state index contributed by atoms with van der Waals surface area (Å²) in [6, 6.07) is 14.9. The third kappa shape index (κ3) is 2.65. The van der Waals surface area contributed by atoms with Crippen molar-refractivity contribution in [3.63, 3.8) is 0 Å². The number of aromatic nitrogens is 2. The second kappa shape index (κ2) is 5.90. The van der Waals surface area contributed by atoms with E-state index in [1.54, 1.807) is 0 Å². The number of pyridine rings is 1. The van der Waals surface area contributed by atoms with Crippen LogP contribution in [0.5, 0.6) is 0 Å². The quantitative estimate of drug-likeness (QED) is 0.589. The molecule has 2 N–H and O–H groups in total. The lowest BCUT2D eigenvalue weighted by molar-refractivity contribution is 0.520. The number of hydrogen-bond acceptors (Lipinski definition) is 3. The van der Waals surface area contributed by atoms with Gasteiger partial charge in [-0.2, -0.15) is 0 Å². The maximum atomic E-state index is 6.05. The van der Waals surface area contributed by atoms with Crippen LogP contribution >= 0.6 is 0 Å². The number of aromatic amines is 1. The van der Waals surface area contributed by atoms with E-state index in [-0.39, 0.29) is 0 Å². The molecule has 4 heterocycles. The summed E-state index contributed by atoms with van der Waals surface area (Å²) >= 11 is 0. The van der Waals surface area contributed by atoms with Crippen LogP contribution in [0, 0.1) is 0 Å². The van der Waals surface area contributed by atoms with Gasteiger partial charge in [-0.25, -0.2) is 4.98 Å². The Kier molecular flexibility index (Phi) is 3.42. The molecule has 25 heavy (non-hydrogen) atoms. The number of H-pyrrole nitrogens is 1. The molecule has 5 rings (SSSR count). The van der Waals surface area contributed by atoms with Gasteiger partial charge in [0.05, 0.1) is 0 Å². The highest BCUT2D eigenvalue weighted by Gasteiger charge is 2.20. The minimum Gasteiger partial charge on any atom is -0.456 e. The molecule has 4 nitrogen and oxygen atoms in total. The summed E-state index contributed by atoms with van der Waals surface area (Å²) < 4.78 is 6.05. The van der Waals surface area contributed by atoms with Crippen LogP contribution < -0.4 is 5.32 Å². The molecule has 0 saturated carbocycles. The lowest BCUT2D eigenvalue weighted by Gasteiger charge is -2.23. The lowest BCUT2D eigenvalue weighted by Crippen LogP contribution is -2.34. The summed E-state index contributed by atoms with van der Waals surface area (Å²) in [5.74, 6) is 0.994. The largest absolute Gasteiger partial charge is 0.456 e. The number of hydrogen-bond donors (Lipinski definition) is 2. The normalized spacial score (nSPS) is 17.9. The first-order chi connectivity index (χ1) is 12.4. The predicted molar refractivity (Wildman–Crippen MR) is 100 cm³/mol. The van der Waals surface area contributed by atoms with Crippen molar-refractivity contribution in [1.82, 2.24) is 15.3 Å². The summed E-state index contributed by atoms with van der Waals surface area (Å²) in [5, 5.41) is 5.98. The number of para-hydroxylation sites is 1. The van der Waals surface area contributed by atoms with Crippen LogP contribution in [0.15, 0.2) is 65.4 Å². The topological polar surface area (TPSA) is 53.9 Å². The van der Waals surface area contributed by atoms with Gasteiger partial charge in [-0.05, 0) is 48.2 Å². The van der Waals surface area contributed by atoms with Crippen molar-refractivity contribution < 1.29 is 4.42 Å². The fourth-order valence-corrected chi connectivity index (χ4v) is 3.70. The third-order valence-electron chi connectivity index (χ3n) is 4.97. The smallest absolute Gasteiger partial charge is 0.137 e. The highest BCUT2D eigenvalue weighted by atomic mass is 16.3. The van der Waals surface area contributed by atoms with Gasteiger partial charge in [0, 0.05) is 35.8 Å². The van der Waals surface area contributed by atoms with Gasteiger partial charge in [0.2, 0.25) is 0 Å². The van der Waals surface area contributed by atoms with E-state index < -0.39 is 0 Å². The van der Waals surface area contributed by atoms with Gasteiger partial charge in [-0.15, -0.1) is 0 Å². The van der Waals surface area contributed by atoms with Gasteiger partial charge >= 0.3 is 0 Å². The Labute approximate surface area is 145 Å². The molecule has 124 valence electrons. The molecule has 0 radical (unpaired) electrons. The Balaban J connectivity index is 1.39. The fourth-order valence-electron chi connectivity index (χ4n) is 3.70. The molecule has 3 aromatic heterocycles. The van der Waals surface area contributed by atoms with Gasteiger partial charge in [0.1, 0.15) is 17.0 Å². The van der Waals surface area contributed by atoms with E-state index in [9.17, 15) is 0 Å². The molecule has 0 amide bonds. The minimum atomic E-state index is 0.396. The van der Waals surface area contributed by atoms with E-state index in [0.29, 0.717) is 6.04 Å².